The van der Waals surface area contributed by atoms with E-state index in [0.29, 0.717) is 16.5 Å². The lowest BCUT2D eigenvalue weighted by molar-refractivity contribution is -0.0413. The molecule has 4 heteroatoms. The van der Waals surface area contributed by atoms with Crippen LogP contribution in [0.5, 0.6) is 0 Å². The van der Waals surface area contributed by atoms with E-state index in [2.05, 4.69) is 62.6 Å². The number of carboxylic acids is 1. The molecule has 2 aliphatic carbocycles. The Kier molecular flexibility index (Phi) is 6.10. The Bertz CT molecular complexity index is 1230. The van der Waals surface area contributed by atoms with Crippen LogP contribution in [0.1, 0.15) is 75.7 Å². The normalized spacial score (nSPS) is 29.4. The van der Waals surface area contributed by atoms with E-state index in [4.69, 9.17) is 0 Å². The summed E-state index contributed by atoms with van der Waals surface area (Å²) in [5, 5.41) is 16.1. The molecule has 3 aromatic carbocycles. The van der Waals surface area contributed by atoms with Gasteiger partial charge in [-0.1, -0.05) is 52.0 Å². The van der Waals surface area contributed by atoms with Crippen molar-refractivity contribution in [1.82, 2.24) is 0 Å². The fourth-order valence-electron chi connectivity index (χ4n) is 8.04. The number of anilines is 4. The van der Waals surface area contributed by atoms with Crippen LogP contribution < -0.4 is 10.6 Å². The predicted molar refractivity (Wildman–Crippen MR) is 149 cm³/mol. The van der Waals surface area contributed by atoms with Gasteiger partial charge in [0.05, 0.1) is 11.3 Å². The molecule has 2 unspecified atom stereocenters. The highest BCUT2D eigenvalue weighted by Crippen LogP contribution is 2.62. The number of carbonyl (C=O) groups is 1. The second-order valence-corrected chi connectivity index (χ2v) is 12.5. The number of rotatable bonds is 6. The predicted octanol–water partition coefficient (Wildman–Crippen LogP) is 8.76. The van der Waals surface area contributed by atoms with Crippen molar-refractivity contribution in [3.63, 3.8) is 0 Å². The summed E-state index contributed by atoms with van der Waals surface area (Å²) >= 11 is 0. The van der Waals surface area contributed by atoms with Crippen LogP contribution in [0.2, 0.25) is 0 Å². The first-order valence-corrected chi connectivity index (χ1v) is 13.1. The zero-order valence-electron chi connectivity index (χ0n) is 21.9. The van der Waals surface area contributed by atoms with Crippen molar-refractivity contribution in [1.29, 1.82) is 0 Å². The minimum atomic E-state index is -0.942. The van der Waals surface area contributed by atoms with Crippen molar-refractivity contribution in [2.45, 2.75) is 65.2 Å². The molecule has 2 aliphatic rings. The number of nitrogens with one attached hydrogen (secondary N) is 2. The number of carboxylic acid groups (broad SMARTS) is 1. The maximum absolute atomic E-state index is 11.5. The zero-order valence-corrected chi connectivity index (χ0v) is 21.9. The summed E-state index contributed by atoms with van der Waals surface area (Å²) in [6.07, 6.45) is 6.61. The van der Waals surface area contributed by atoms with Gasteiger partial charge in [-0.2, -0.15) is 0 Å². The van der Waals surface area contributed by atoms with E-state index in [1.165, 1.54) is 37.7 Å². The Morgan fingerprint density at radius 2 is 1.25 bits per heavy atom. The highest BCUT2D eigenvalue weighted by molar-refractivity contribution is 5.95. The molecule has 0 saturated heterocycles. The van der Waals surface area contributed by atoms with Crippen LogP contribution in [0.15, 0.2) is 72.8 Å². The van der Waals surface area contributed by atoms with Crippen molar-refractivity contribution < 1.29 is 9.90 Å². The van der Waals surface area contributed by atoms with E-state index in [1.807, 2.05) is 30.3 Å². The molecule has 188 valence electrons. The monoisotopic (exact) mass is 482 g/mol. The minimum Gasteiger partial charge on any atom is -0.478 e. The summed E-state index contributed by atoms with van der Waals surface area (Å²) in [6, 6.07) is 23.9. The molecule has 2 bridgehead atoms. The third-order valence-electron chi connectivity index (χ3n) is 8.36. The highest BCUT2D eigenvalue weighted by Gasteiger charge is 2.52. The number of para-hydroxylation sites is 1. The Morgan fingerprint density at radius 3 is 1.81 bits per heavy atom. The van der Waals surface area contributed by atoms with E-state index >= 15 is 0 Å². The van der Waals surface area contributed by atoms with Crippen LogP contribution in [0.25, 0.3) is 0 Å². The van der Waals surface area contributed by atoms with Gasteiger partial charge in [0.2, 0.25) is 0 Å². The van der Waals surface area contributed by atoms with Crippen LogP contribution in [0.4, 0.5) is 22.7 Å². The number of hydrogen-bond donors (Lipinski definition) is 3. The average Bonchev–Trinajstić information content (AvgIpc) is 2.78. The Morgan fingerprint density at radius 1 is 0.750 bits per heavy atom. The summed E-state index contributed by atoms with van der Waals surface area (Å²) in [6.45, 7) is 9.96. The van der Waals surface area contributed by atoms with Gasteiger partial charge in [0.15, 0.2) is 0 Å². The number of aromatic carboxylic acids is 1. The van der Waals surface area contributed by atoms with Crippen LogP contribution in [0, 0.1) is 16.7 Å². The van der Waals surface area contributed by atoms with E-state index in [0.717, 1.165) is 23.0 Å². The molecule has 2 fully saturated rings. The second-order valence-electron chi connectivity index (χ2n) is 12.5. The highest BCUT2D eigenvalue weighted by atomic mass is 16.4. The lowest BCUT2D eigenvalue weighted by Gasteiger charge is -2.58. The zero-order chi connectivity index (χ0) is 25.6. The molecule has 36 heavy (non-hydrogen) atoms. The summed E-state index contributed by atoms with van der Waals surface area (Å²) < 4.78 is 0. The fourth-order valence-corrected chi connectivity index (χ4v) is 8.04. The van der Waals surface area contributed by atoms with Gasteiger partial charge in [-0.15, -0.1) is 0 Å². The maximum atomic E-state index is 11.5. The van der Waals surface area contributed by atoms with Gasteiger partial charge in [-0.05, 0) is 108 Å². The third kappa shape index (κ3) is 5.00. The fraction of sp³-hybridized carbons (Fsp3) is 0.406. The summed E-state index contributed by atoms with van der Waals surface area (Å²) in [5.74, 6) is -0.110. The molecule has 3 N–H and O–H groups in total. The first-order chi connectivity index (χ1) is 17.0. The quantitative estimate of drug-likeness (QED) is 0.329. The van der Waals surface area contributed by atoms with Gasteiger partial charge >= 0.3 is 5.97 Å². The molecule has 2 saturated carbocycles. The lowest BCUT2D eigenvalue weighted by atomic mass is 9.47. The van der Waals surface area contributed by atoms with Crippen molar-refractivity contribution in [3.8, 4) is 0 Å². The SMILES string of the molecule is CC1CC2(C)CC(C)(C1)CC(C)(c1ccc(Nc3ccc(Nc4ccccc4C(=O)O)cc3)cc1)C2. The molecule has 3 aromatic rings. The van der Waals surface area contributed by atoms with Crippen molar-refractivity contribution >= 4 is 28.7 Å². The summed E-state index contributed by atoms with van der Waals surface area (Å²) in [5.41, 5.74) is 6.31. The van der Waals surface area contributed by atoms with Crippen LogP contribution in [-0.4, -0.2) is 11.1 Å². The topological polar surface area (TPSA) is 61.4 Å². The van der Waals surface area contributed by atoms with Gasteiger partial charge in [0, 0.05) is 17.1 Å². The molecule has 0 spiro atoms. The minimum absolute atomic E-state index is 0.222. The molecule has 0 aromatic heterocycles. The first kappa shape index (κ1) is 24.4. The summed E-state index contributed by atoms with van der Waals surface area (Å²) in [7, 11) is 0. The molecule has 0 radical (unpaired) electrons. The first-order valence-electron chi connectivity index (χ1n) is 13.1. The molecule has 0 aliphatic heterocycles. The van der Waals surface area contributed by atoms with E-state index in [9.17, 15) is 9.90 Å². The third-order valence-corrected chi connectivity index (χ3v) is 8.36. The molecule has 0 amide bonds. The Balaban J connectivity index is 1.27. The van der Waals surface area contributed by atoms with Crippen molar-refractivity contribution in [3.05, 3.63) is 83.9 Å². The largest absolute Gasteiger partial charge is 0.478 e. The average molecular weight is 483 g/mol. The Hall–Kier alpha value is -3.27. The van der Waals surface area contributed by atoms with Crippen LogP contribution in [-0.2, 0) is 5.41 Å². The molecular formula is C32H38N2O2. The van der Waals surface area contributed by atoms with Gasteiger partial charge in [-0.3, -0.25) is 0 Å². The number of fused-ring (bicyclic) bond motifs is 2. The lowest BCUT2D eigenvalue weighted by Crippen LogP contribution is -2.49. The van der Waals surface area contributed by atoms with E-state index in [-0.39, 0.29) is 11.0 Å². The molecule has 2 atom stereocenters. The number of hydrogen-bond acceptors (Lipinski definition) is 3. The molecule has 0 heterocycles. The van der Waals surface area contributed by atoms with E-state index < -0.39 is 5.97 Å². The molecule has 5 rings (SSSR count). The standard InChI is InChI=1S/C32H38N2O2/c1-22-17-30(2)19-31(3,18-22)21-32(4,20-30)23-9-11-24(12-10-23)33-25-13-15-26(16-14-25)34-28-8-6-5-7-27(28)29(35)36/h5-16,22,33-34H,17-21H2,1-4H3,(H,35,36). The number of benzene rings is 3. The summed E-state index contributed by atoms with van der Waals surface area (Å²) in [4.78, 5) is 11.5. The smallest absolute Gasteiger partial charge is 0.337 e. The molecular weight excluding hydrogens is 444 g/mol. The van der Waals surface area contributed by atoms with Gasteiger partial charge < -0.3 is 15.7 Å². The maximum Gasteiger partial charge on any atom is 0.337 e. The van der Waals surface area contributed by atoms with Gasteiger partial charge in [0.25, 0.3) is 0 Å². The van der Waals surface area contributed by atoms with Crippen molar-refractivity contribution in [2.75, 3.05) is 10.6 Å². The van der Waals surface area contributed by atoms with Gasteiger partial charge in [-0.25, -0.2) is 4.79 Å². The van der Waals surface area contributed by atoms with E-state index in [1.54, 1.807) is 18.2 Å². The van der Waals surface area contributed by atoms with Crippen LogP contribution in [0.3, 0.4) is 0 Å². The van der Waals surface area contributed by atoms with Crippen molar-refractivity contribution in [2.24, 2.45) is 16.7 Å². The van der Waals surface area contributed by atoms with Gasteiger partial charge in [0.1, 0.15) is 0 Å². The Labute approximate surface area is 215 Å². The molecule has 4 nitrogen and oxygen atoms in total. The van der Waals surface area contributed by atoms with Crippen LogP contribution >= 0.6 is 0 Å². The second kappa shape index (κ2) is 8.99.